The fraction of sp³-hybridized carbons (Fsp3) is 0.286. The second-order valence-electron chi connectivity index (χ2n) is 7.77. The molecule has 168 valence electrons. The number of rotatable bonds is 5. The van der Waals surface area contributed by atoms with Crippen molar-refractivity contribution in [2.45, 2.75) is 33.3 Å². The summed E-state index contributed by atoms with van der Waals surface area (Å²) >= 11 is 5.95. The van der Waals surface area contributed by atoms with E-state index in [0.29, 0.717) is 10.7 Å². The summed E-state index contributed by atoms with van der Waals surface area (Å²) in [5.41, 5.74) is 0.510. The quantitative estimate of drug-likeness (QED) is 0.524. The normalized spacial score (nSPS) is 11.1. The fourth-order valence-corrected chi connectivity index (χ4v) is 2.75. The molecular formula is C21H23ClN6O4. The summed E-state index contributed by atoms with van der Waals surface area (Å²) in [5.74, 6) is -0.262. The molecule has 3 aromatic rings. The van der Waals surface area contributed by atoms with Crippen LogP contribution in [0, 0.1) is 6.92 Å². The highest BCUT2D eigenvalue weighted by Gasteiger charge is 2.29. The molecule has 0 aliphatic heterocycles. The Morgan fingerprint density at radius 1 is 1.16 bits per heavy atom. The molecule has 0 radical (unpaired) electrons. The first-order valence-corrected chi connectivity index (χ1v) is 9.98. The molecule has 0 spiro atoms. The highest BCUT2D eigenvalue weighted by atomic mass is 35.5. The van der Waals surface area contributed by atoms with Crippen molar-refractivity contribution in [3.05, 3.63) is 52.9 Å². The number of hydrogen-bond acceptors (Lipinski definition) is 8. The number of esters is 1. The molecule has 3 rings (SSSR count). The van der Waals surface area contributed by atoms with Crippen LogP contribution in [0.3, 0.4) is 0 Å². The lowest BCUT2D eigenvalue weighted by molar-refractivity contribution is 0.0589. The van der Waals surface area contributed by atoms with Crippen molar-refractivity contribution in [2.75, 3.05) is 17.3 Å². The Morgan fingerprint density at radius 3 is 2.41 bits per heavy atom. The van der Waals surface area contributed by atoms with Crippen LogP contribution in [0.2, 0.25) is 5.02 Å². The van der Waals surface area contributed by atoms with E-state index in [9.17, 15) is 9.59 Å². The summed E-state index contributed by atoms with van der Waals surface area (Å²) < 4.78 is 10.3. The number of carbonyl (C=O) groups excluding carboxylic acids is 2. The van der Waals surface area contributed by atoms with Gasteiger partial charge in [0.25, 0.3) is 0 Å². The van der Waals surface area contributed by atoms with E-state index in [0.717, 1.165) is 10.6 Å². The molecule has 0 atom stereocenters. The van der Waals surface area contributed by atoms with Gasteiger partial charge in [0.05, 0.1) is 13.3 Å². The van der Waals surface area contributed by atoms with Crippen LogP contribution in [0.25, 0.3) is 0 Å². The molecule has 1 aromatic carbocycles. The average molecular weight is 459 g/mol. The average Bonchev–Trinajstić information content (AvgIpc) is 3.14. The Morgan fingerprint density at radius 2 is 1.84 bits per heavy atom. The monoisotopic (exact) mass is 458 g/mol. The predicted octanol–water partition coefficient (Wildman–Crippen LogP) is 4.76. The van der Waals surface area contributed by atoms with Crippen molar-refractivity contribution < 1.29 is 19.1 Å². The van der Waals surface area contributed by atoms with Crippen LogP contribution in [-0.4, -0.2) is 44.9 Å². The van der Waals surface area contributed by atoms with Crippen molar-refractivity contribution in [2.24, 2.45) is 0 Å². The Kier molecular flexibility index (Phi) is 6.64. The SMILES string of the molecule is COC(=O)c1ncc(N(C(=O)OC(C)(C)C)c2cc(C)[nH]n2)nc1Nc1ccc(Cl)cc1. The number of ether oxygens (including phenoxy) is 2. The molecule has 0 aliphatic rings. The maximum Gasteiger partial charge on any atom is 0.422 e. The first-order chi connectivity index (χ1) is 15.1. The van der Waals surface area contributed by atoms with Crippen LogP contribution in [0.1, 0.15) is 37.0 Å². The minimum Gasteiger partial charge on any atom is -0.464 e. The van der Waals surface area contributed by atoms with Gasteiger partial charge in [0.15, 0.2) is 23.1 Å². The number of methoxy groups -OCH3 is 1. The molecule has 0 saturated heterocycles. The maximum atomic E-state index is 13.0. The molecule has 1 amide bonds. The second-order valence-corrected chi connectivity index (χ2v) is 8.21. The summed E-state index contributed by atoms with van der Waals surface area (Å²) in [6, 6.07) is 8.43. The van der Waals surface area contributed by atoms with Gasteiger partial charge in [-0.15, -0.1) is 0 Å². The van der Waals surface area contributed by atoms with Crippen LogP contribution in [0.15, 0.2) is 36.5 Å². The molecule has 0 fully saturated rings. The van der Waals surface area contributed by atoms with E-state index in [2.05, 4.69) is 25.5 Å². The zero-order valence-corrected chi connectivity index (χ0v) is 19.0. The van der Waals surface area contributed by atoms with Gasteiger partial charge in [0.2, 0.25) is 0 Å². The number of nitrogens with one attached hydrogen (secondary N) is 2. The van der Waals surface area contributed by atoms with Gasteiger partial charge < -0.3 is 14.8 Å². The number of aryl methyl sites for hydroxylation is 1. The van der Waals surface area contributed by atoms with E-state index in [1.807, 2.05) is 0 Å². The third kappa shape index (κ3) is 5.52. The number of H-pyrrole nitrogens is 1. The smallest absolute Gasteiger partial charge is 0.422 e. The lowest BCUT2D eigenvalue weighted by Gasteiger charge is -2.25. The number of anilines is 4. The Hall–Kier alpha value is -3.66. The van der Waals surface area contributed by atoms with E-state index in [-0.39, 0.29) is 23.1 Å². The summed E-state index contributed by atoms with van der Waals surface area (Å²) in [5, 5.41) is 10.5. The summed E-state index contributed by atoms with van der Waals surface area (Å²) in [6.45, 7) is 7.04. The molecule has 11 heteroatoms. The van der Waals surface area contributed by atoms with Crippen LogP contribution in [-0.2, 0) is 9.47 Å². The first kappa shape index (κ1) is 23.0. The molecular weight excluding hydrogens is 436 g/mol. The molecule has 2 N–H and O–H groups in total. The number of aromatic nitrogens is 4. The Labute approximate surface area is 189 Å². The lowest BCUT2D eigenvalue weighted by Crippen LogP contribution is -2.34. The minimum atomic E-state index is -0.759. The van der Waals surface area contributed by atoms with E-state index in [1.54, 1.807) is 58.0 Å². The number of amides is 1. The largest absolute Gasteiger partial charge is 0.464 e. The molecule has 0 saturated carbocycles. The number of carbonyl (C=O) groups is 2. The molecule has 32 heavy (non-hydrogen) atoms. The van der Waals surface area contributed by atoms with E-state index in [1.165, 1.54) is 13.3 Å². The maximum absolute atomic E-state index is 13.0. The highest BCUT2D eigenvalue weighted by molar-refractivity contribution is 6.30. The van der Waals surface area contributed by atoms with Gasteiger partial charge in [-0.2, -0.15) is 5.10 Å². The van der Waals surface area contributed by atoms with Crippen LogP contribution in [0.5, 0.6) is 0 Å². The third-order valence-corrected chi connectivity index (χ3v) is 4.22. The van der Waals surface area contributed by atoms with Crippen LogP contribution < -0.4 is 10.2 Å². The van der Waals surface area contributed by atoms with E-state index in [4.69, 9.17) is 21.1 Å². The van der Waals surface area contributed by atoms with Crippen molar-refractivity contribution in [1.82, 2.24) is 20.2 Å². The van der Waals surface area contributed by atoms with Gasteiger partial charge in [0.1, 0.15) is 5.60 Å². The highest BCUT2D eigenvalue weighted by Crippen LogP contribution is 2.28. The summed E-state index contributed by atoms with van der Waals surface area (Å²) in [7, 11) is 1.24. The number of nitrogens with zero attached hydrogens (tertiary/aromatic N) is 4. The van der Waals surface area contributed by atoms with E-state index >= 15 is 0 Å². The number of benzene rings is 1. The van der Waals surface area contributed by atoms with Crippen molar-refractivity contribution in [1.29, 1.82) is 0 Å². The van der Waals surface area contributed by atoms with Gasteiger partial charge in [-0.05, 0) is 52.0 Å². The van der Waals surface area contributed by atoms with Gasteiger partial charge in [-0.3, -0.25) is 5.10 Å². The van der Waals surface area contributed by atoms with Crippen molar-refractivity contribution in [3.63, 3.8) is 0 Å². The number of hydrogen-bond donors (Lipinski definition) is 2. The zero-order chi connectivity index (χ0) is 23.5. The van der Waals surface area contributed by atoms with Gasteiger partial charge in [-0.1, -0.05) is 11.6 Å². The Balaban J connectivity index is 2.08. The van der Waals surface area contributed by atoms with Gasteiger partial charge in [-0.25, -0.2) is 24.5 Å². The van der Waals surface area contributed by atoms with E-state index < -0.39 is 17.7 Å². The number of aromatic amines is 1. The molecule has 0 unspecified atom stereocenters. The predicted molar refractivity (Wildman–Crippen MR) is 120 cm³/mol. The van der Waals surface area contributed by atoms with Crippen molar-refractivity contribution >= 4 is 46.8 Å². The third-order valence-electron chi connectivity index (χ3n) is 3.97. The van der Waals surface area contributed by atoms with Crippen molar-refractivity contribution in [3.8, 4) is 0 Å². The summed E-state index contributed by atoms with van der Waals surface area (Å²) in [4.78, 5) is 35.1. The molecule has 10 nitrogen and oxygen atoms in total. The molecule has 0 bridgehead atoms. The van der Waals surface area contributed by atoms with Crippen LogP contribution in [0.4, 0.5) is 27.9 Å². The van der Waals surface area contributed by atoms with Crippen LogP contribution >= 0.6 is 11.6 Å². The van der Waals surface area contributed by atoms with Gasteiger partial charge in [0, 0.05) is 22.5 Å². The molecule has 0 aliphatic carbocycles. The zero-order valence-electron chi connectivity index (χ0n) is 18.3. The first-order valence-electron chi connectivity index (χ1n) is 9.60. The molecule has 2 heterocycles. The number of halogens is 1. The Bertz CT molecular complexity index is 1120. The second kappa shape index (κ2) is 9.23. The fourth-order valence-electron chi connectivity index (χ4n) is 2.62. The lowest BCUT2D eigenvalue weighted by atomic mass is 10.2. The van der Waals surface area contributed by atoms with Gasteiger partial charge >= 0.3 is 12.1 Å². The standard InChI is InChI=1S/C21H23ClN6O4/c1-12-10-15(27-26-12)28(20(30)32-21(2,3)4)16-11-23-17(19(29)31-5)18(25-16)24-14-8-6-13(22)7-9-14/h6-11H,1-5H3,(H,24,25)(H,26,27). The summed E-state index contributed by atoms with van der Waals surface area (Å²) in [6.07, 6.45) is 0.564. The molecule has 2 aromatic heterocycles. The topological polar surface area (TPSA) is 122 Å². The minimum absolute atomic E-state index is 0.0615.